The predicted octanol–water partition coefficient (Wildman–Crippen LogP) is 2.74. The van der Waals surface area contributed by atoms with Crippen LogP contribution in [-0.4, -0.2) is 28.7 Å². The first-order valence-electron chi connectivity index (χ1n) is 7.73. The van der Waals surface area contributed by atoms with Crippen LogP contribution in [-0.2, 0) is 10.2 Å². The topological polar surface area (TPSA) is 92.4 Å². The SMILES string of the molecule is CC(C)(C)c1cc(C(=O)NCC2(C(=O)O)CCCCC2)no1. The van der Waals surface area contributed by atoms with E-state index < -0.39 is 11.4 Å². The smallest absolute Gasteiger partial charge is 0.311 e. The fraction of sp³-hybridized carbons (Fsp3) is 0.688. The van der Waals surface area contributed by atoms with Crippen LogP contribution >= 0.6 is 0 Å². The molecule has 1 fully saturated rings. The van der Waals surface area contributed by atoms with E-state index in [2.05, 4.69) is 10.5 Å². The highest BCUT2D eigenvalue weighted by atomic mass is 16.5. The molecule has 0 unspecified atom stereocenters. The Balaban J connectivity index is 2.02. The fourth-order valence-electron chi connectivity index (χ4n) is 2.77. The van der Waals surface area contributed by atoms with Gasteiger partial charge in [-0.2, -0.15) is 0 Å². The van der Waals surface area contributed by atoms with Gasteiger partial charge in [-0.15, -0.1) is 0 Å². The highest BCUT2D eigenvalue weighted by molar-refractivity contribution is 5.92. The maximum atomic E-state index is 12.2. The van der Waals surface area contributed by atoms with Crippen LogP contribution in [0.2, 0.25) is 0 Å². The number of rotatable bonds is 4. The largest absolute Gasteiger partial charge is 0.481 e. The van der Waals surface area contributed by atoms with Gasteiger partial charge in [-0.05, 0) is 12.8 Å². The average Bonchev–Trinajstić information content (AvgIpc) is 2.95. The monoisotopic (exact) mass is 308 g/mol. The summed E-state index contributed by atoms with van der Waals surface area (Å²) >= 11 is 0. The minimum atomic E-state index is -0.843. The lowest BCUT2D eigenvalue weighted by molar-refractivity contribution is -0.150. The molecule has 2 rings (SSSR count). The van der Waals surface area contributed by atoms with E-state index in [4.69, 9.17) is 4.52 Å². The molecule has 1 aliphatic carbocycles. The van der Waals surface area contributed by atoms with Crippen LogP contribution in [0.1, 0.15) is 69.1 Å². The van der Waals surface area contributed by atoms with Gasteiger partial charge in [0.2, 0.25) is 0 Å². The molecular formula is C16H24N2O4. The van der Waals surface area contributed by atoms with Crippen molar-refractivity contribution < 1.29 is 19.2 Å². The van der Waals surface area contributed by atoms with E-state index in [1.807, 2.05) is 20.8 Å². The molecule has 0 atom stereocenters. The van der Waals surface area contributed by atoms with E-state index in [1.54, 1.807) is 6.07 Å². The molecule has 0 aliphatic heterocycles. The Bertz CT molecular complexity index is 551. The van der Waals surface area contributed by atoms with Crippen molar-refractivity contribution in [2.24, 2.45) is 5.41 Å². The number of hydrogen-bond donors (Lipinski definition) is 2. The summed E-state index contributed by atoms with van der Waals surface area (Å²) in [5.41, 5.74) is -0.872. The summed E-state index contributed by atoms with van der Waals surface area (Å²) in [4.78, 5) is 23.7. The molecule has 0 saturated heterocycles. The summed E-state index contributed by atoms with van der Waals surface area (Å²) in [7, 11) is 0. The summed E-state index contributed by atoms with van der Waals surface area (Å²) in [5.74, 6) is -0.586. The lowest BCUT2D eigenvalue weighted by Crippen LogP contribution is -2.44. The Morgan fingerprint density at radius 3 is 2.45 bits per heavy atom. The van der Waals surface area contributed by atoms with Gasteiger partial charge in [0.1, 0.15) is 5.76 Å². The zero-order valence-electron chi connectivity index (χ0n) is 13.4. The second-order valence-corrected chi connectivity index (χ2v) is 7.16. The molecular weight excluding hydrogens is 284 g/mol. The Labute approximate surface area is 130 Å². The number of carboxylic acid groups (broad SMARTS) is 1. The zero-order valence-corrected chi connectivity index (χ0v) is 13.4. The van der Waals surface area contributed by atoms with Crippen LogP contribution in [0.4, 0.5) is 0 Å². The Hall–Kier alpha value is -1.85. The standard InChI is InChI=1S/C16H24N2O4/c1-15(2,3)12-9-11(18-22-12)13(19)17-10-16(14(20)21)7-5-4-6-8-16/h9H,4-8,10H2,1-3H3,(H,17,19)(H,20,21). The first kappa shape index (κ1) is 16.5. The van der Waals surface area contributed by atoms with Crippen molar-refractivity contribution in [2.75, 3.05) is 6.54 Å². The van der Waals surface area contributed by atoms with E-state index >= 15 is 0 Å². The molecule has 1 aliphatic rings. The van der Waals surface area contributed by atoms with Crippen molar-refractivity contribution in [1.29, 1.82) is 0 Å². The Morgan fingerprint density at radius 2 is 1.95 bits per heavy atom. The number of carbonyl (C=O) groups excluding carboxylic acids is 1. The highest BCUT2D eigenvalue weighted by Gasteiger charge is 2.40. The van der Waals surface area contributed by atoms with Gasteiger partial charge in [0.15, 0.2) is 5.69 Å². The molecule has 6 nitrogen and oxygen atoms in total. The van der Waals surface area contributed by atoms with E-state index in [0.717, 1.165) is 19.3 Å². The lowest BCUT2D eigenvalue weighted by atomic mass is 9.74. The number of carboxylic acids is 1. The van der Waals surface area contributed by atoms with Gasteiger partial charge < -0.3 is 14.9 Å². The minimum Gasteiger partial charge on any atom is -0.481 e. The molecule has 1 amide bonds. The molecule has 1 aromatic heterocycles. The van der Waals surface area contributed by atoms with Crippen molar-refractivity contribution in [3.8, 4) is 0 Å². The van der Waals surface area contributed by atoms with Crippen molar-refractivity contribution in [2.45, 2.75) is 58.3 Å². The number of aliphatic carboxylic acids is 1. The molecule has 22 heavy (non-hydrogen) atoms. The third-order valence-corrected chi connectivity index (χ3v) is 4.33. The van der Waals surface area contributed by atoms with Gasteiger partial charge in [-0.1, -0.05) is 45.2 Å². The first-order chi connectivity index (χ1) is 10.2. The molecule has 0 aromatic carbocycles. The Morgan fingerprint density at radius 1 is 1.32 bits per heavy atom. The quantitative estimate of drug-likeness (QED) is 0.892. The normalized spacial score (nSPS) is 18.0. The molecule has 122 valence electrons. The molecule has 1 saturated carbocycles. The second-order valence-electron chi connectivity index (χ2n) is 7.16. The van der Waals surface area contributed by atoms with Crippen LogP contribution < -0.4 is 5.32 Å². The number of hydrogen-bond acceptors (Lipinski definition) is 4. The third-order valence-electron chi connectivity index (χ3n) is 4.33. The first-order valence-corrected chi connectivity index (χ1v) is 7.73. The lowest BCUT2D eigenvalue weighted by Gasteiger charge is -2.33. The summed E-state index contributed by atoms with van der Waals surface area (Å²) in [6.45, 7) is 6.04. The number of aromatic nitrogens is 1. The summed E-state index contributed by atoms with van der Waals surface area (Å²) in [5, 5.41) is 16.0. The van der Waals surface area contributed by atoms with Crippen LogP contribution in [0.25, 0.3) is 0 Å². The predicted molar refractivity (Wildman–Crippen MR) is 80.7 cm³/mol. The van der Waals surface area contributed by atoms with Crippen molar-refractivity contribution in [1.82, 2.24) is 10.5 Å². The Kier molecular flexibility index (Phi) is 4.58. The van der Waals surface area contributed by atoms with E-state index in [0.29, 0.717) is 18.6 Å². The van der Waals surface area contributed by atoms with Gasteiger partial charge in [0.25, 0.3) is 5.91 Å². The van der Waals surface area contributed by atoms with E-state index in [9.17, 15) is 14.7 Å². The fourth-order valence-corrected chi connectivity index (χ4v) is 2.77. The minimum absolute atomic E-state index is 0.138. The van der Waals surface area contributed by atoms with Gasteiger partial charge in [-0.25, -0.2) is 0 Å². The summed E-state index contributed by atoms with van der Waals surface area (Å²) in [6.07, 6.45) is 4.05. The second kappa shape index (κ2) is 6.10. The molecule has 0 spiro atoms. The number of nitrogens with zero attached hydrogens (tertiary/aromatic N) is 1. The maximum absolute atomic E-state index is 12.2. The molecule has 0 bridgehead atoms. The third kappa shape index (κ3) is 3.48. The molecule has 6 heteroatoms. The van der Waals surface area contributed by atoms with Crippen LogP contribution in [0.5, 0.6) is 0 Å². The van der Waals surface area contributed by atoms with Crippen molar-refractivity contribution in [3.05, 3.63) is 17.5 Å². The number of carbonyl (C=O) groups is 2. The van der Waals surface area contributed by atoms with Crippen LogP contribution in [0, 0.1) is 5.41 Å². The van der Waals surface area contributed by atoms with Crippen molar-refractivity contribution >= 4 is 11.9 Å². The van der Waals surface area contributed by atoms with Crippen LogP contribution in [0.3, 0.4) is 0 Å². The number of amides is 1. The van der Waals surface area contributed by atoms with Crippen LogP contribution in [0.15, 0.2) is 10.6 Å². The van der Waals surface area contributed by atoms with Gasteiger partial charge >= 0.3 is 5.97 Å². The van der Waals surface area contributed by atoms with Gasteiger partial charge in [0.05, 0.1) is 5.41 Å². The maximum Gasteiger partial charge on any atom is 0.311 e. The highest BCUT2D eigenvalue weighted by Crippen LogP contribution is 2.36. The van der Waals surface area contributed by atoms with E-state index in [-0.39, 0.29) is 23.6 Å². The molecule has 1 aromatic rings. The zero-order chi connectivity index (χ0) is 16.4. The summed E-state index contributed by atoms with van der Waals surface area (Å²) < 4.78 is 5.19. The van der Waals surface area contributed by atoms with E-state index in [1.165, 1.54) is 0 Å². The average molecular weight is 308 g/mol. The van der Waals surface area contributed by atoms with Gasteiger partial charge in [-0.3, -0.25) is 9.59 Å². The molecule has 1 heterocycles. The molecule has 0 radical (unpaired) electrons. The molecule has 2 N–H and O–H groups in total. The summed E-state index contributed by atoms with van der Waals surface area (Å²) in [6, 6.07) is 1.61. The number of nitrogens with one attached hydrogen (secondary N) is 1. The van der Waals surface area contributed by atoms with Crippen molar-refractivity contribution in [3.63, 3.8) is 0 Å². The van der Waals surface area contributed by atoms with Gasteiger partial charge in [0, 0.05) is 18.0 Å².